The molecule has 0 amide bonds. The zero-order valence-corrected chi connectivity index (χ0v) is 41.5. The Morgan fingerprint density at radius 2 is 0.923 bits per heavy atom. The van der Waals surface area contributed by atoms with Crippen molar-refractivity contribution in [2.45, 2.75) is 130 Å². The van der Waals surface area contributed by atoms with Gasteiger partial charge in [0.15, 0.2) is 0 Å². The molecule has 3 aliphatic rings. The van der Waals surface area contributed by atoms with E-state index in [-0.39, 0.29) is 33.8 Å². The van der Waals surface area contributed by atoms with E-state index >= 15 is 0 Å². The van der Waals surface area contributed by atoms with Gasteiger partial charge in [-0.05, 0) is 149 Å². The van der Waals surface area contributed by atoms with Gasteiger partial charge in [0.25, 0.3) is 6.71 Å². The van der Waals surface area contributed by atoms with Gasteiger partial charge in [-0.3, -0.25) is 0 Å². The zero-order chi connectivity index (χ0) is 46.2. The van der Waals surface area contributed by atoms with Gasteiger partial charge in [0.1, 0.15) is 0 Å². The second-order valence-electron chi connectivity index (χ2n) is 23.9. The van der Waals surface area contributed by atoms with Crippen LogP contribution in [0.4, 0.5) is 34.1 Å². The molecule has 0 fully saturated rings. The highest BCUT2D eigenvalue weighted by Gasteiger charge is 2.49. The predicted octanol–water partition coefficient (Wildman–Crippen LogP) is 15.3. The van der Waals surface area contributed by atoms with E-state index in [1.165, 1.54) is 106 Å². The van der Waals surface area contributed by atoms with Crippen LogP contribution < -0.4 is 26.2 Å². The first kappa shape index (κ1) is 43.1. The number of hydrogen-bond donors (Lipinski definition) is 0. The Morgan fingerprint density at radius 1 is 0.415 bits per heavy atom. The van der Waals surface area contributed by atoms with Crippen LogP contribution in [0, 0.1) is 6.92 Å². The van der Waals surface area contributed by atoms with Crippen molar-refractivity contribution in [3.8, 4) is 22.3 Å². The van der Waals surface area contributed by atoms with Gasteiger partial charge in [0, 0.05) is 34.0 Å². The monoisotopic (exact) mass is 851 g/mol. The lowest BCUT2D eigenvalue weighted by molar-refractivity contribution is 0.403. The number of benzene rings is 7. The zero-order valence-electron chi connectivity index (χ0n) is 41.5. The molecule has 0 aromatic heterocycles. The standard InChI is InChI=1S/C62H67BN2/c1-39-25-26-42(40-21-17-15-18-22-40)31-53(39)65-52-30-28-44(59(5,6)7)33-49(52)63-50-36-47-48(62(13,14)38-61(47,11)12)37-54(50)64(55-34-45(60(8,9)10)35-56(65)57(55)63)51-29-27-43(58(2,3)4)32-46(51)41-23-19-16-20-24-41/h15-37H,38H2,1-14H3. The Labute approximate surface area is 390 Å². The summed E-state index contributed by atoms with van der Waals surface area (Å²) in [5.74, 6) is 0. The molecule has 0 radical (unpaired) electrons. The predicted molar refractivity (Wildman–Crippen MR) is 283 cm³/mol. The van der Waals surface area contributed by atoms with Crippen molar-refractivity contribution >= 4 is 57.2 Å². The second-order valence-corrected chi connectivity index (χ2v) is 23.9. The van der Waals surface area contributed by atoms with Crippen molar-refractivity contribution in [3.05, 3.63) is 173 Å². The maximum absolute atomic E-state index is 2.69. The summed E-state index contributed by atoms with van der Waals surface area (Å²) in [5, 5.41) is 0. The van der Waals surface area contributed by atoms with Crippen LogP contribution in [0.1, 0.15) is 130 Å². The number of aryl methyl sites for hydroxylation is 1. The summed E-state index contributed by atoms with van der Waals surface area (Å²) < 4.78 is 0. The smallest absolute Gasteiger partial charge is 0.252 e. The first-order valence-electron chi connectivity index (χ1n) is 24.0. The van der Waals surface area contributed by atoms with E-state index in [1.807, 2.05) is 0 Å². The highest BCUT2D eigenvalue weighted by molar-refractivity contribution is 7.00. The normalized spacial score (nSPS) is 15.9. The molecule has 2 aliphatic heterocycles. The first-order valence-corrected chi connectivity index (χ1v) is 24.0. The van der Waals surface area contributed by atoms with E-state index in [1.54, 1.807) is 0 Å². The van der Waals surface area contributed by atoms with Crippen molar-refractivity contribution in [2.75, 3.05) is 9.80 Å². The Kier molecular flexibility index (Phi) is 9.69. The molecule has 2 heterocycles. The SMILES string of the molecule is Cc1ccc(-c2ccccc2)cc1N1c2ccc(C(C)(C)C)cc2B2c3cc4c(cc3N(c3ccc(C(C)(C)C)cc3-c3ccccc3)c3cc(C(C)(C)C)cc1c32)C(C)(C)CC4(C)C. The average Bonchev–Trinajstić information content (AvgIpc) is 3.43. The Morgan fingerprint density at radius 3 is 1.51 bits per heavy atom. The van der Waals surface area contributed by atoms with E-state index in [4.69, 9.17) is 0 Å². The third kappa shape index (κ3) is 7.08. The highest BCUT2D eigenvalue weighted by atomic mass is 15.2. The van der Waals surface area contributed by atoms with Gasteiger partial charge in [0.2, 0.25) is 0 Å². The Hall–Kier alpha value is -5.80. The van der Waals surface area contributed by atoms with Crippen molar-refractivity contribution in [2.24, 2.45) is 0 Å². The molecule has 0 saturated carbocycles. The number of hydrogen-bond acceptors (Lipinski definition) is 2. The van der Waals surface area contributed by atoms with Crippen LogP contribution in [0.2, 0.25) is 0 Å². The van der Waals surface area contributed by atoms with Gasteiger partial charge in [-0.1, -0.05) is 187 Å². The summed E-state index contributed by atoms with van der Waals surface area (Å²) in [6.45, 7) is 33.4. The second kappa shape index (κ2) is 14.6. The number of fused-ring (bicyclic) bond motifs is 5. The molecule has 0 bridgehead atoms. The van der Waals surface area contributed by atoms with Crippen molar-refractivity contribution in [1.82, 2.24) is 0 Å². The van der Waals surface area contributed by atoms with E-state index < -0.39 is 0 Å². The molecule has 0 saturated heterocycles. The summed E-state index contributed by atoms with van der Waals surface area (Å²) in [7, 11) is 0. The third-order valence-electron chi connectivity index (χ3n) is 15.0. The van der Waals surface area contributed by atoms with Crippen molar-refractivity contribution < 1.29 is 0 Å². The lowest BCUT2D eigenvalue weighted by Crippen LogP contribution is -2.62. The highest BCUT2D eigenvalue weighted by Crippen LogP contribution is 2.54. The van der Waals surface area contributed by atoms with Gasteiger partial charge in [0.05, 0.1) is 5.69 Å². The van der Waals surface area contributed by atoms with Gasteiger partial charge >= 0.3 is 0 Å². The molecule has 7 aromatic carbocycles. The topological polar surface area (TPSA) is 6.48 Å². The van der Waals surface area contributed by atoms with Crippen molar-refractivity contribution in [3.63, 3.8) is 0 Å². The third-order valence-corrected chi connectivity index (χ3v) is 15.0. The molecule has 2 nitrogen and oxygen atoms in total. The van der Waals surface area contributed by atoms with Crippen LogP contribution in [-0.4, -0.2) is 6.71 Å². The van der Waals surface area contributed by atoms with Crippen molar-refractivity contribution in [1.29, 1.82) is 0 Å². The van der Waals surface area contributed by atoms with E-state index in [0.29, 0.717) is 0 Å². The summed E-state index contributed by atoms with van der Waals surface area (Å²) in [6.07, 6.45) is 1.11. The fourth-order valence-electron chi connectivity index (χ4n) is 11.6. The van der Waals surface area contributed by atoms with E-state index in [9.17, 15) is 0 Å². The number of nitrogens with zero attached hydrogens (tertiary/aromatic N) is 2. The molecule has 0 spiro atoms. The molecule has 328 valence electrons. The lowest BCUT2D eigenvalue weighted by Gasteiger charge is -2.46. The molecule has 7 aromatic rings. The minimum absolute atomic E-state index is 0.0180. The minimum atomic E-state index is -0.127. The molecule has 10 rings (SSSR count). The van der Waals surface area contributed by atoms with Crippen LogP contribution in [0.3, 0.4) is 0 Å². The summed E-state index contributed by atoms with van der Waals surface area (Å²) in [4.78, 5) is 5.33. The maximum Gasteiger partial charge on any atom is 0.252 e. The van der Waals surface area contributed by atoms with Crippen LogP contribution in [0.25, 0.3) is 22.3 Å². The van der Waals surface area contributed by atoms with Crippen LogP contribution in [-0.2, 0) is 27.1 Å². The summed E-state index contributed by atoms with van der Waals surface area (Å²) in [5.41, 5.74) is 24.7. The molecular formula is C62H67BN2. The largest absolute Gasteiger partial charge is 0.311 e. The first-order chi connectivity index (χ1) is 30.5. The average molecular weight is 851 g/mol. The summed E-state index contributed by atoms with van der Waals surface area (Å²) >= 11 is 0. The maximum atomic E-state index is 2.69. The van der Waals surface area contributed by atoms with Crippen LogP contribution in [0.5, 0.6) is 0 Å². The van der Waals surface area contributed by atoms with E-state index in [0.717, 1.165) is 6.42 Å². The minimum Gasteiger partial charge on any atom is -0.311 e. The molecule has 0 atom stereocenters. The van der Waals surface area contributed by atoms with Gasteiger partial charge in [-0.25, -0.2) is 0 Å². The molecule has 3 heteroatoms. The Bertz CT molecular complexity index is 3020. The molecule has 65 heavy (non-hydrogen) atoms. The fourth-order valence-corrected chi connectivity index (χ4v) is 11.6. The van der Waals surface area contributed by atoms with Crippen LogP contribution >= 0.6 is 0 Å². The molecular weight excluding hydrogens is 784 g/mol. The van der Waals surface area contributed by atoms with Gasteiger partial charge in [-0.2, -0.15) is 0 Å². The molecule has 1 aliphatic carbocycles. The molecule has 0 N–H and O–H groups in total. The van der Waals surface area contributed by atoms with Gasteiger partial charge in [-0.15, -0.1) is 0 Å². The Balaban J connectivity index is 1.38. The summed E-state index contributed by atoms with van der Waals surface area (Å²) in [6, 6.07) is 54.2. The van der Waals surface area contributed by atoms with Gasteiger partial charge < -0.3 is 9.80 Å². The molecule has 0 unspecified atom stereocenters. The number of rotatable bonds is 4. The van der Waals surface area contributed by atoms with E-state index in [2.05, 4.69) is 246 Å². The lowest BCUT2D eigenvalue weighted by atomic mass is 9.33. The number of anilines is 6. The fraction of sp³-hybridized carbons (Fsp3) is 0.323. The van der Waals surface area contributed by atoms with Crippen LogP contribution in [0.15, 0.2) is 140 Å². The quantitative estimate of drug-likeness (QED) is 0.163.